The molecule has 0 radical (unpaired) electrons. The molecule has 2 unspecified atom stereocenters. The Kier molecular flexibility index (Phi) is 3.28. The van der Waals surface area contributed by atoms with E-state index in [1.165, 1.54) is 36.1 Å². The third-order valence-electron chi connectivity index (χ3n) is 4.64. The Hall–Kier alpha value is -1.77. The van der Waals surface area contributed by atoms with E-state index in [0.29, 0.717) is 11.8 Å². The highest BCUT2D eigenvalue weighted by Gasteiger charge is 2.31. The van der Waals surface area contributed by atoms with Gasteiger partial charge in [0.25, 0.3) is 0 Å². The first-order valence-corrected chi connectivity index (χ1v) is 7.47. The first-order valence-electron chi connectivity index (χ1n) is 7.47. The first kappa shape index (κ1) is 13.2. The molecule has 1 heterocycles. The van der Waals surface area contributed by atoms with Gasteiger partial charge in [0, 0.05) is 18.5 Å². The largest absolute Gasteiger partial charge is 0.383 e. The van der Waals surface area contributed by atoms with Gasteiger partial charge in [-0.25, -0.2) is 0 Å². The van der Waals surface area contributed by atoms with E-state index in [2.05, 4.69) is 38.1 Å². The lowest BCUT2D eigenvalue weighted by atomic mass is 9.89. The van der Waals surface area contributed by atoms with Crippen LogP contribution in [-0.2, 0) is 7.05 Å². The number of hydrogen-bond acceptors (Lipinski definition) is 2. The number of aryl methyl sites for hydroxylation is 2. The molecule has 2 N–H and O–H groups in total. The van der Waals surface area contributed by atoms with Gasteiger partial charge < -0.3 is 5.73 Å². The van der Waals surface area contributed by atoms with Crippen LogP contribution in [0.5, 0.6) is 0 Å². The van der Waals surface area contributed by atoms with Gasteiger partial charge in [-0.15, -0.1) is 0 Å². The zero-order chi connectivity index (χ0) is 14.3. The van der Waals surface area contributed by atoms with E-state index in [1.54, 1.807) is 0 Å². The van der Waals surface area contributed by atoms with Crippen molar-refractivity contribution in [3.05, 3.63) is 35.5 Å². The fraction of sp³-hybridized carbons (Fsp3) is 0.471. The number of hydrogen-bond donors (Lipinski definition) is 1. The Balaban J connectivity index is 2.14. The van der Waals surface area contributed by atoms with Crippen molar-refractivity contribution in [2.45, 2.75) is 39.0 Å². The molecule has 3 heteroatoms. The molecule has 3 nitrogen and oxygen atoms in total. The van der Waals surface area contributed by atoms with Crippen LogP contribution in [0.15, 0.2) is 24.3 Å². The summed E-state index contributed by atoms with van der Waals surface area (Å²) in [4.78, 5) is 0. The quantitative estimate of drug-likeness (QED) is 0.899. The zero-order valence-electron chi connectivity index (χ0n) is 12.6. The minimum absolute atomic E-state index is 0.550. The summed E-state index contributed by atoms with van der Waals surface area (Å²) in [5.74, 6) is 2.03. The Labute approximate surface area is 120 Å². The summed E-state index contributed by atoms with van der Waals surface area (Å²) in [6, 6.07) is 8.56. The third-order valence-corrected chi connectivity index (χ3v) is 4.64. The minimum Gasteiger partial charge on any atom is -0.383 e. The Morgan fingerprint density at radius 3 is 2.75 bits per heavy atom. The highest BCUT2D eigenvalue weighted by molar-refractivity contribution is 5.77. The number of aromatic nitrogens is 2. The molecular formula is C17H23N3. The summed E-state index contributed by atoms with van der Waals surface area (Å²) < 4.78 is 1.83. The first-order chi connectivity index (χ1) is 9.58. The predicted molar refractivity (Wildman–Crippen MR) is 83.5 cm³/mol. The van der Waals surface area contributed by atoms with Gasteiger partial charge in [-0.3, -0.25) is 4.68 Å². The molecule has 106 valence electrons. The molecule has 1 aromatic heterocycles. The van der Waals surface area contributed by atoms with E-state index in [4.69, 9.17) is 10.8 Å². The molecule has 0 saturated heterocycles. The van der Waals surface area contributed by atoms with Gasteiger partial charge in [-0.05, 0) is 24.8 Å². The average molecular weight is 269 g/mol. The van der Waals surface area contributed by atoms with Crippen LogP contribution in [0, 0.1) is 12.8 Å². The summed E-state index contributed by atoms with van der Waals surface area (Å²) in [6.07, 6.45) is 3.83. The van der Waals surface area contributed by atoms with Gasteiger partial charge in [-0.2, -0.15) is 5.10 Å². The fourth-order valence-corrected chi connectivity index (χ4v) is 3.47. The lowest BCUT2D eigenvalue weighted by Crippen LogP contribution is -2.05. The smallest absolute Gasteiger partial charge is 0.129 e. The second-order valence-electron chi connectivity index (χ2n) is 6.15. The number of anilines is 1. The summed E-state index contributed by atoms with van der Waals surface area (Å²) in [6.45, 7) is 4.45. The van der Waals surface area contributed by atoms with E-state index >= 15 is 0 Å². The van der Waals surface area contributed by atoms with E-state index < -0.39 is 0 Å². The van der Waals surface area contributed by atoms with Gasteiger partial charge in [0.2, 0.25) is 0 Å². The van der Waals surface area contributed by atoms with Crippen LogP contribution >= 0.6 is 0 Å². The molecule has 1 aliphatic rings. The lowest BCUT2D eigenvalue weighted by molar-refractivity contribution is 0.516. The molecule has 0 bridgehead atoms. The van der Waals surface area contributed by atoms with Crippen LogP contribution in [0.3, 0.4) is 0 Å². The molecule has 0 aliphatic heterocycles. The Bertz CT molecular complexity index is 627. The maximum absolute atomic E-state index is 6.30. The maximum Gasteiger partial charge on any atom is 0.129 e. The summed E-state index contributed by atoms with van der Waals surface area (Å²) in [5, 5.41) is 4.74. The fourth-order valence-electron chi connectivity index (χ4n) is 3.47. The van der Waals surface area contributed by atoms with Crippen molar-refractivity contribution in [1.29, 1.82) is 0 Å². The normalized spacial score (nSPS) is 22.4. The standard InChI is InChI=1S/C17H23N3/c1-11-6-4-8-13(10-11)15-16(19-20(3)17(15)18)14-9-5-7-12(14)2/h4,6,8,10,12,14H,5,7,9,18H2,1-3H3. The zero-order valence-corrected chi connectivity index (χ0v) is 12.6. The van der Waals surface area contributed by atoms with Gasteiger partial charge >= 0.3 is 0 Å². The van der Waals surface area contributed by atoms with E-state index in [-0.39, 0.29) is 0 Å². The number of nitrogens with two attached hydrogens (primary N) is 1. The second-order valence-corrected chi connectivity index (χ2v) is 6.15. The van der Waals surface area contributed by atoms with Crippen molar-refractivity contribution in [2.24, 2.45) is 13.0 Å². The van der Waals surface area contributed by atoms with E-state index in [0.717, 1.165) is 11.4 Å². The number of rotatable bonds is 2. The molecule has 2 aromatic rings. The maximum atomic E-state index is 6.30. The molecule has 1 aromatic carbocycles. The van der Waals surface area contributed by atoms with Crippen LogP contribution in [-0.4, -0.2) is 9.78 Å². The Morgan fingerprint density at radius 1 is 1.30 bits per heavy atom. The highest BCUT2D eigenvalue weighted by atomic mass is 15.3. The molecule has 2 atom stereocenters. The van der Waals surface area contributed by atoms with Gasteiger partial charge in [0.05, 0.1) is 5.69 Å². The molecule has 0 amide bonds. The molecule has 20 heavy (non-hydrogen) atoms. The molecular weight excluding hydrogens is 246 g/mol. The Morgan fingerprint density at radius 2 is 2.10 bits per heavy atom. The monoisotopic (exact) mass is 269 g/mol. The summed E-state index contributed by atoms with van der Waals surface area (Å²) in [7, 11) is 1.94. The number of benzene rings is 1. The molecule has 0 spiro atoms. The second kappa shape index (κ2) is 4.97. The highest BCUT2D eigenvalue weighted by Crippen LogP contribution is 2.44. The summed E-state index contributed by atoms with van der Waals surface area (Å²) >= 11 is 0. The van der Waals surface area contributed by atoms with Gasteiger partial charge in [0.15, 0.2) is 0 Å². The SMILES string of the molecule is Cc1cccc(-c2c(C3CCCC3C)nn(C)c2N)c1. The lowest BCUT2D eigenvalue weighted by Gasteiger charge is -2.15. The van der Waals surface area contributed by atoms with Crippen LogP contribution in [0.1, 0.15) is 43.4 Å². The van der Waals surface area contributed by atoms with Crippen molar-refractivity contribution in [3.63, 3.8) is 0 Å². The van der Waals surface area contributed by atoms with Crippen molar-refractivity contribution < 1.29 is 0 Å². The van der Waals surface area contributed by atoms with Crippen molar-refractivity contribution in [3.8, 4) is 11.1 Å². The van der Waals surface area contributed by atoms with Crippen LogP contribution in [0.4, 0.5) is 5.82 Å². The average Bonchev–Trinajstić information content (AvgIpc) is 2.94. The number of nitrogens with zero attached hydrogens (tertiary/aromatic N) is 2. The minimum atomic E-state index is 0.550. The molecule has 1 saturated carbocycles. The summed E-state index contributed by atoms with van der Waals surface area (Å²) in [5.41, 5.74) is 11.1. The van der Waals surface area contributed by atoms with Gasteiger partial charge in [-0.1, -0.05) is 49.6 Å². The van der Waals surface area contributed by atoms with Crippen LogP contribution < -0.4 is 5.73 Å². The van der Waals surface area contributed by atoms with Crippen molar-refractivity contribution >= 4 is 5.82 Å². The molecule has 1 aliphatic carbocycles. The number of nitrogen functional groups attached to an aromatic ring is 1. The predicted octanol–water partition coefficient (Wildman–Crippen LogP) is 3.88. The third kappa shape index (κ3) is 2.11. The van der Waals surface area contributed by atoms with Crippen LogP contribution in [0.2, 0.25) is 0 Å². The van der Waals surface area contributed by atoms with Crippen molar-refractivity contribution in [1.82, 2.24) is 9.78 Å². The van der Waals surface area contributed by atoms with Gasteiger partial charge in [0.1, 0.15) is 5.82 Å². The molecule has 1 fully saturated rings. The molecule has 3 rings (SSSR count). The van der Waals surface area contributed by atoms with Crippen LogP contribution in [0.25, 0.3) is 11.1 Å². The van der Waals surface area contributed by atoms with E-state index in [9.17, 15) is 0 Å². The van der Waals surface area contributed by atoms with Crippen molar-refractivity contribution in [2.75, 3.05) is 5.73 Å². The topological polar surface area (TPSA) is 43.8 Å². The van der Waals surface area contributed by atoms with E-state index in [1.807, 2.05) is 11.7 Å².